The lowest BCUT2D eigenvalue weighted by Gasteiger charge is -2.32. The van der Waals surface area contributed by atoms with Gasteiger partial charge in [0.2, 0.25) is 6.10 Å². The average Bonchev–Trinajstić information content (AvgIpc) is 2.98. The van der Waals surface area contributed by atoms with E-state index in [4.69, 9.17) is 33.0 Å². The molecule has 2 atom stereocenters. The number of Topliss-reactive ketones (excluding diaryl/α,β-unsaturated/α-hetero) is 1. The van der Waals surface area contributed by atoms with Crippen molar-refractivity contribution in [1.29, 1.82) is 0 Å². The summed E-state index contributed by atoms with van der Waals surface area (Å²) in [6, 6.07) is 1.64. The van der Waals surface area contributed by atoms with Gasteiger partial charge in [-0.2, -0.15) is 0 Å². The number of rotatable bonds is 7. The lowest BCUT2D eigenvalue weighted by molar-refractivity contribution is -0.147. The number of benzene rings is 1. The second-order valence-corrected chi connectivity index (χ2v) is 7.97. The van der Waals surface area contributed by atoms with Crippen LogP contribution in [0.25, 0.3) is 5.57 Å². The van der Waals surface area contributed by atoms with Crippen LogP contribution in [0, 0.1) is 5.41 Å². The fourth-order valence-corrected chi connectivity index (χ4v) is 4.54. The molecule has 2 N–H and O–H groups in total. The summed E-state index contributed by atoms with van der Waals surface area (Å²) in [4.78, 5) is 34.9. The second-order valence-electron chi connectivity index (χ2n) is 7.22. The molecule has 2 aliphatic rings. The maximum Gasteiger partial charge on any atom is 0.345 e. The van der Waals surface area contributed by atoms with E-state index in [1.165, 1.54) is 0 Å². The van der Waals surface area contributed by atoms with Gasteiger partial charge in [0.1, 0.15) is 17.4 Å². The number of carboxylic acids is 1. The van der Waals surface area contributed by atoms with Crippen LogP contribution >= 0.6 is 23.2 Å². The summed E-state index contributed by atoms with van der Waals surface area (Å²) in [5.74, 6) is -1.88. The van der Waals surface area contributed by atoms with Crippen LogP contribution in [0.3, 0.4) is 0 Å². The minimum Gasteiger partial charge on any atom is -0.478 e. The molecule has 2 aliphatic carbocycles. The number of carbonyl (C=O) groups is 3. The Hall–Kier alpha value is -1.89. The molecular weight excluding hydrogens is 407 g/mol. The summed E-state index contributed by atoms with van der Waals surface area (Å²) < 4.78 is 5.49. The predicted octanol–water partition coefficient (Wildman–Crippen LogP) is 3.48. The number of allylic oxidation sites excluding steroid dienone is 2. The Bertz CT molecular complexity index is 891. The molecule has 0 saturated carbocycles. The number of hydrogen-bond donors (Lipinski definition) is 2. The Balaban J connectivity index is 2.02. The molecule has 0 bridgehead atoms. The molecule has 0 aromatic heterocycles. The topological polar surface area (TPSA) is 101 Å². The van der Waals surface area contributed by atoms with Crippen molar-refractivity contribution in [2.45, 2.75) is 45.1 Å². The van der Waals surface area contributed by atoms with Gasteiger partial charge >= 0.3 is 5.97 Å². The lowest BCUT2D eigenvalue weighted by Crippen LogP contribution is -2.30. The van der Waals surface area contributed by atoms with Gasteiger partial charge in [0.25, 0.3) is 0 Å². The summed E-state index contributed by atoms with van der Waals surface area (Å²) >= 11 is 12.9. The molecule has 0 spiro atoms. The van der Waals surface area contributed by atoms with E-state index in [9.17, 15) is 19.5 Å². The van der Waals surface area contributed by atoms with E-state index in [0.717, 1.165) is 24.0 Å². The minimum absolute atomic E-state index is 0.0361. The molecule has 0 fully saturated rings. The van der Waals surface area contributed by atoms with Crippen molar-refractivity contribution in [3.63, 3.8) is 0 Å². The molecule has 6 nitrogen and oxygen atoms in total. The Morgan fingerprint density at radius 2 is 2.04 bits per heavy atom. The molecule has 150 valence electrons. The van der Waals surface area contributed by atoms with Crippen molar-refractivity contribution in [1.82, 2.24) is 0 Å². The van der Waals surface area contributed by atoms with Gasteiger partial charge in [-0.25, -0.2) is 4.79 Å². The molecule has 0 heterocycles. The highest BCUT2D eigenvalue weighted by atomic mass is 35.5. The number of fused-ring (bicyclic) bond motifs is 3. The molecule has 28 heavy (non-hydrogen) atoms. The predicted molar refractivity (Wildman–Crippen MR) is 104 cm³/mol. The van der Waals surface area contributed by atoms with Gasteiger partial charge in [-0.1, -0.05) is 30.1 Å². The van der Waals surface area contributed by atoms with Gasteiger partial charge in [-0.05, 0) is 42.5 Å². The first-order chi connectivity index (χ1) is 13.2. The highest BCUT2D eigenvalue weighted by molar-refractivity contribution is 6.44. The van der Waals surface area contributed by atoms with E-state index in [1.807, 2.05) is 0 Å². The largest absolute Gasteiger partial charge is 0.478 e. The molecule has 3 rings (SSSR count). The summed E-state index contributed by atoms with van der Waals surface area (Å²) in [5.41, 5.74) is 2.24. The zero-order valence-electron chi connectivity index (χ0n) is 15.3. The molecule has 1 aromatic rings. The third-order valence-corrected chi connectivity index (χ3v) is 6.44. The van der Waals surface area contributed by atoms with Crippen LogP contribution in [0.1, 0.15) is 43.7 Å². The minimum atomic E-state index is -1.49. The zero-order chi connectivity index (χ0) is 20.6. The average molecular weight is 427 g/mol. The highest BCUT2D eigenvalue weighted by Gasteiger charge is 2.45. The summed E-state index contributed by atoms with van der Waals surface area (Å²) in [6.07, 6.45) is 2.33. The standard InChI is InChI=1S/C20H20Cl2O6/c1-2-20-4-3-11(24)6-13(20)16-10(8-20)5-14(17(21)18(16)22)28-15(19(26)27)7-12(25)9-23/h5-6,15,23H,2-4,7-9H2,1H3,(H,26,27). The summed E-state index contributed by atoms with van der Waals surface area (Å²) in [5, 5.41) is 18.4. The molecule has 0 radical (unpaired) electrons. The van der Waals surface area contributed by atoms with Crippen molar-refractivity contribution < 1.29 is 29.3 Å². The molecule has 0 saturated heterocycles. The van der Waals surface area contributed by atoms with Gasteiger partial charge in [0.05, 0.1) is 11.4 Å². The Labute approximate surface area is 172 Å². The molecule has 0 amide bonds. The fraction of sp³-hybridized carbons (Fsp3) is 0.450. The van der Waals surface area contributed by atoms with Gasteiger partial charge in [0.15, 0.2) is 11.6 Å². The van der Waals surface area contributed by atoms with Crippen molar-refractivity contribution in [3.8, 4) is 5.75 Å². The molecule has 8 heteroatoms. The molecule has 1 aromatic carbocycles. The van der Waals surface area contributed by atoms with Crippen molar-refractivity contribution in [3.05, 3.63) is 33.3 Å². The van der Waals surface area contributed by atoms with Gasteiger partial charge in [0, 0.05) is 17.4 Å². The normalized spacial score (nSPS) is 21.6. The van der Waals surface area contributed by atoms with E-state index in [1.54, 1.807) is 12.1 Å². The first kappa shape index (κ1) is 20.8. The van der Waals surface area contributed by atoms with Crippen LogP contribution in [0.15, 0.2) is 12.1 Å². The summed E-state index contributed by atoms with van der Waals surface area (Å²) in [6.45, 7) is 1.29. The van der Waals surface area contributed by atoms with E-state index < -0.39 is 30.9 Å². The van der Waals surface area contributed by atoms with E-state index in [0.29, 0.717) is 18.4 Å². The molecular formula is C20H20Cl2O6. The van der Waals surface area contributed by atoms with Crippen LogP contribution in [0.4, 0.5) is 0 Å². The van der Waals surface area contributed by atoms with Crippen LogP contribution < -0.4 is 4.74 Å². The van der Waals surface area contributed by atoms with Crippen molar-refractivity contribution in [2.75, 3.05) is 6.61 Å². The maximum absolute atomic E-state index is 12.0. The maximum atomic E-state index is 12.0. The third kappa shape index (κ3) is 3.56. The number of halogens is 2. The van der Waals surface area contributed by atoms with Gasteiger partial charge < -0.3 is 14.9 Å². The first-order valence-corrected chi connectivity index (χ1v) is 9.76. The van der Waals surface area contributed by atoms with Crippen LogP contribution in [-0.4, -0.2) is 40.5 Å². The number of hydrogen-bond acceptors (Lipinski definition) is 5. The number of ether oxygens (including phenoxy) is 1. The lowest BCUT2D eigenvalue weighted by atomic mass is 9.71. The second kappa shape index (κ2) is 7.85. The number of carbonyl (C=O) groups excluding carboxylic acids is 2. The van der Waals surface area contributed by atoms with E-state index in [2.05, 4.69) is 6.92 Å². The van der Waals surface area contributed by atoms with Crippen LogP contribution in [0.5, 0.6) is 5.75 Å². The van der Waals surface area contributed by atoms with Crippen molar-refractivity contribution in [2.24, 2.45) is 5.41 Å². The summed E-state index contributed by atoms with van der Waals surface area (Å²) in [7, 11) is 0. The SMILES string of the molecule is CCC12CCC(=O)C=C1c1c(cc(OC(CC(=O)CO)C(=O)O)c(Cl)c1Cl)C2. The zero-order valence-corrected chi connectivity index (χ0v) is 16.8. The Morgan fingerprint density at radius 3 is 2.64 bits per heavy atom. The fourth-order valence-electron chi connectivity index (χ4n) is 4.03. The molecule has 2 unspecified atom stereocenters. The Morgan fingerprint density at radius 1 is 1.32 bits per heavy atom. The van der Waals surface area contributed by atoms with Crippen molar-refractivity contribution >= 4 is 46.3 Å². The Kier molecular flexibility index (Phi) is 5.84. The number of aliphatic carboxylic acids is 1. The molecule has 0 aliphatic heterocycles. The smallest absolute Gasteiger partial charge is 0.345 e. The van der Waals surface area contributed by atoms with E-state index in [-0.39, 0.29) is 27.0 Å². The highest BCUT2D eigenvalue weighted by Crippen LogP contribution is 2.57. The van der Waals surface area contributed by atoms with Gasteiger partial charge in [-0.15, -0.1) is 0 Å². The van der Waals surface area contributed by atoms with Crippen LogP contribution in [-0.2, 0) is 20.8 Å². The number of aliphatic hydroxyl groups is 1. The quantitative estimate of drug-likeness (QED) is 0.691. The number of carboxylic acid groups (broad SMARTS) is 1. The number of aliphatic hydroxyl groups excluding tert-OH is 1. The van der Waals surface area contributed by atoms with Gasteiger partial charge in [-0.3, -0.25) is 9.59 Å². The third-order valence-electron chi connectivity index (χ3n) is 5.59. The monoisotopic (exact) mass is 426 g/mol. The van der Waals surface area contributed by atoms with Crippen LogP contribution in [0.2, 0.25) is 10.0 Å². The van der Waals surface area contributed by atoms with E-state index >= 15 is 0 Å². The number of ketones is 2. The first-order valence-electron chi connectivity index (χ1n) is 9.00.